The minimum Gasteiger partial charge on any atom is -0.378 e. The molecule has 0 unspecified atom stereocenters. The van der Waals surface area contributed by atoms with Gasteiger partial charge in [0.25, 0.3) is 0 Å². The lowest BCUT2D eigenvalue weighted by Crippen LogP contribution is -2.57. The SMILES string of the molecule is O=C[C@@H]1C[C@@]2(O)c3ccccc3N[C@@]2(O)N1. The van der Waals surface area contributed by atoms with Crippen molar-refractivity contribution < 1.29 is 15.0 Å². The van der Waals surface area contributed by atoms with Gasteiger partial charge in [-0.1, -0.05) is 18.2 Å². The van der Waals surface area contributed by atoms with Crippen LogP contribution in [0.1, 0.15) is 12.0 Å². The Morgan fingerprint density at radius 3 is 2.88 bits per heavy atom. The number of aliphatic hydroxyl groups is 2. The fourth-order valence-electron chi connectivity index (χ4n) is 2.58. The summed E-state index contributed by atoms with van der Waals surface area (Å²) in [6.07, 6.45) is 0.857. The van der Waals surface area contributed by atoms with Crippen molar-refractivity contribution in [2.24, 2.45) is 0 Å². The molecule has 1 fully saturated rings. The Kier molecular flexibility index (Phi) is 1.72. The molecule has 0 aliphatic carbocycles. The maximum absolute atomic E-state index is 10.7. The van der Waals surface area contributed by atoms with Crippen LogP contribution in [0.3, 0.4) is 0 Å². The molecule has 0 aromatic heterocycles. The quantitative estimate of drug-likeness (QED) is 0.480. The number of para-hydroxylation sites is 1. The number of hydrogen-bond acceptors (Lipinski definition) is 5. The van der Waals surface area contributed by atoms with Crippen LogP contribution in [0.15, 0.2) is 24.3 Å². The van der Waals surface area contributed by atoms with E-state index in [4.69, 9.17) is 0 Å². The van der Waals surface area contributed by atoms with Gasteiger partial charge < -0.3 is 20.3 Å². The van der Waals surface area contributed by atoms with Crippen molar-refractivity contribution >= 4 is 12.0 Å². The second kappa shape index (κ2) is 2.82. The number of nitrogens with one attached hydrogen (secondary N) is 2. The monoisotopic (exact) mass is 220 g/mol. The predicted octanol–water partition coefficient (Wildman–Crippen LogP) is -0.493. The number of rotatable bonds is 1. The average molecular weight is 220 g/mol. The molecule has 1 aromatic rings. The van der Waals surface area contributed by atoms with Gasteiger partial charge in [0, 0.05) is 17.7 Å². The summed E-state index contributed by atoms with van der Waals surface area (Å²) in [5.41, 5.74) is -0.145. The van der Waals surface area contributed by atoms with Crippen molar-refractivity contribution in [2.45, 2.75) is 23.9 Å². The molecule has 84 valence electrons. The van der Waals surface area contributed by atoms with Gasteiger partial charge in [-0.15, -0.1) is 0 Å². The van der Waals surface area contributed by atoms with E-state index in [1.54, 1.807) is 18.2 Å². The molecule has 16 heavy (non-hydrogen) atoms. The van der Waals surface area contributed by atoms with Crippen LogP contribution in [0.5, 0.6) is 0 Å². The van der Waals surface area contributed by atoms with Gasteiger partial charge in [-0.3, -0.25) is 5.32 Å². The number of carbonyl (C=O) groups excluding carboxylic acids is 1. The molecule has 1 saturated heterocycles. The lowest BCUT2D eigenvalue weighted by atomic mass is 9.90. The topological polar surface area (TPSA) is 81.6 Å². The molecule has 0 radical (unpaired) electrons. The zero-order chi connectivity index (χ0) is 11.4. The van der Waals surface area contributed by atoms with E-state index in [0.717, 1.165) is 0 Å². The van der Waals surface area contributed by atoms with Crippen molar-refractivity contribution in [2.75, 3.05) is 5.32 Å². The minimum absolute atomic E-state index is 0.164. The highest BCUT2D eigenvalue weighted by Crippen LogP contribution is 2.49. The number of anilines is 1. The maximum Gasteiger partial charge on any atom is 0.228 e. The fraction of sp³-hybridized carbons (Fsp3) is 0.364. The number of carbonyl (C=O) groups is 1. The van der Waals surface area contributed by atoms with Crippen LogP contribution >= 0.6 is 0 Å². The third kappa shape index (κ3) is 0.974. The normalized spacial score (nSPS) is 40.0. The van der Waals surface area contributed by atoms with Crippen LogP contribution in [-0.2, 0) is 10.4 Å². The number of hydrogen-bond donors (Lipinski definition) is 4. The molecule has 5 heteroatoms. The Labute approximate surface area is 92.1 Å². The summed E-state index contributed by atoms with van der Waals surface area (Å²) in [4.78, 5) is 10.7. The minimum atomic E-state index is -1.65. The number of benzene rings is 1. The molecule has 3 rings (SSSR count). The van der Waals surface area contributed by atoms with Crippen LogP contribution in [-0.4, -0.2) is 28.4 Å². The molecule has 0 spiro atoms. The van der Waals surface area contributed by atoms with Crippen LogP contribution in [0, 0.1) is 0 Å². The highest BCUT2D eigenvalue weighted by atomic mass is 16.4. The molecular formula is C11H12N2O3. The summed E-state index contributed by atoms with van der Waals surface area (Å²) < 4.78 is 0. The van der Waals surface area contributed by atoms with E-state index in [9.17, 15) is 15.0 Å². The van der Waals surface area contributed by atoms with Gasteiger partial charge in [-0.2, -0.15) is 0 Å². The van der Waals surface area contributed by atoms with Gasteiger partial charge in [-0.05, 0) is 6.07 Å². The van der Waals surface area contributed by atoms with Gasteiger partial charge >= 0.3 is 0 Å². The highest BCUT2D eigenvalue weighted by molar-refractivity contribution is 5.67. The molecule has 0 bridgehead atoms. The van der Waals surface area contributed by atoms with Gasteiger partial charge in [0.15, 0.2) is 5.60 Å². The Hall–Kier alpha value is -1.43. The Morgan fingerprint density at radius 2 is 2.12 bits per heavy atom. The summed E-state index contributed by atoms with van der Waals surface area (Å²) >= 11 is 0. The molecular weight excluding hydrogens is 208 g/mol. The Morgan fingerprint density at radius 1 is 1.38 bits per heavy atom. The van der Waals surface area contributed by atoms with Crippen LogP contribution < -0.4 is 10.6 Å². The van der Waals surface area contributed by atoms with Crippen molar-refractivity contribution in [3.05, 3.63) is 29.8 Å². The van der Waals surface area contributed by atoms with E-state index in [1.165, 1.54) is 0 Å². The van der Waals surface area contributed by atoms with Crippen molar-refractivity contribution in [1.29, 1.82) is 0 Å². The largest absolute Gasteiger partial charge is 0.378 e. The predicted molar refractivity (Wildman–Crippen MR) is 56.5 cm³/mol. The molecule has 2 heterocycles. The Balaban J connectivity index is 2.13. The van der Waals surface area contributed by atoms with E-state index in [2.05, 4.69) is 10.6 Å². The zero-order valence-electron chi connectivity index (χ0n) is 8.47. The zero-order valence-corrected chi connectivity index (χ0v) is 8.47. The number of fused-ring (bicyclic) bond motifs is 3. The molecule has 0 amide bonds. The summed E-state index contributed by atoms with van der Waals surface area (Å²) in [6.45, 7) is 0. The van der Waals surface area contributed by atoms with Crippen LogP contribution in [0.25, 0.3) is 0 Å². The second-order valence-corrected chi connectivity index (χ2v) is 4.33. The van der Waals surface area contributed by atoms with Gasteiger partial charge in [0.2, 0.25) is 5.85 Å². The third-order valence-electron chi connectivity index (χ3n) is 3.36. The van der Waals surface area contributed by atoms with Crippen LogP contribution in [0.2, 0.25) is 0 Å². The van der Waals surface area contributed by atoms with E-state index in [1.807, 2.05) is 6.07 Å². The van der Waals surface area contributed by atoms with Crippen molar-refractivity contribution in [1.82, 2.24) is 5.32 Å². The smallest absolute Gasteiger partial charge is 0.228 e. The maximum atomic E-state index is 10.7. The van der Waals surface area contributed by atoms with Crippen molar-refractivity contribution in [3.63, 3.8) is 0 Å². The molecule has 0 saturated carbocycles. The van der Waals surface area contributed by atoms with E-state index in [-0.39, 0.29) is 6.42 Å². The standard InChI is InChI=1S/C11H12N2O3/c14-6-7-5-10(15)8-3-1-2-4-9(8)13-11(10,16)12-7/h1-4,6-7,12-13,15-16H,5H2/t7-,10+,11-/m0/s1. The van der Waals surface area contributed by atoms with Gasteiger partial charge in [-0.25, -0.2) is 0 Å². The number of aldehydes is 1. The first-order valence-corrected chi connectivity index (χ1v) is 5.14. The third-order valence-corrected chi connectivity index (χ3v) is 3.36. The first-order valence-electron chi connectivity index (χ1n) is 5.14. The highest BCUT2D eigenvalue weighted by Gasteiger charge is 2.62. The summed E-state index contributed by atoms with van der Waals surface area (Å²) in [5.74, 6) is -1.65. The molecule has 5 nitrogen and oxygen atoms in total. The van der Waals surface area contributed by atoms with Crippen molar-refractivity contribution in [3.8, 4) is 0 Å². The molecule has 3 atom stereocenters. The second-order valence-electron chi connectivity index (χ2n) is 4.33. The van der Waals surface area contributed by atoms with E-state index in [0.29, 0.717) is 17.5 Å². The molecule has 2 aliphatic heterocycles. The average Bonchev–Trinajstić information content (AvgIpc) is 2.63. The summed E-state index contributed by atoms with van der Waals surface area (Å²) in [5, 5.41) is 26.3. The lowest BCUT2D eigenvalue weighted by Gasteiger charge is -2.30. The molecule has 4 N–H and O–H groups in total. The first kappa shape index (κ1) is 9.77. The Bertz CT molecular complexity index is 464. The fourth-order valence-corrected chi connectivity index (χ4v) is 2.58. The van der Waals surface area contributed by atoms with Crippen LogP contribution in [0.4, 0.5) is 5.69 Å². The van der Waals surface area contributed by atoms with Gasteiger partial charge in [0.05, 0.1) is 6.04 Å². The molecule has 1 aromatic carbocycles. The van der Waals surface area contributed by atoms with E-state index < -0.39 is 17.5 Å². The molecule has 2 aliphatic rings. The van der Waals surface area contributed by atoms with E-state index >= 15 is 0 Å². The van der Waals surface area contributed by atoms with Gasteiger partial charge in [0.1, 0.15) is 6.29 Å². The lowest BCUT2D eigenvalue weighted by molar-refractivity contribution is -0.121. The summed E-state index contributed by atoms with van der Waals surface area (Å²) in [7, 11) is 0. The summed E-state index contributed by atoms with van der Waals surface area (Å²) in [6, 6.07) is 6.59. The first-order chi connectivity index (χ1) is 7.59.